The third kappa shape index (κ3) is 4.06. The Morgan fingerprint density at radius 2 is 1.77 bits per heavy atom. The molecule has 0 saturated heterocycles. The molecule has 1 N–H and O–H groups in total. The van der Waals surface area contributed by atoms with Gasteiger partial charge in [-0.05, 0) is 24.3 Å². The van der Waals surface area contributed by atoms with Gasteiger partial charge in [-0.1, -0.05) is 32.0 Å². The average molecular weight is 377 g/mol. The molecule has 0 fully saturated rings. The topological polar surface area (TPSA) is 110 Å². The van der Waals surface area contributed by atoms with E-state index in [-0.39, 0.29) is 21.8 Å². The number of nitrogens with one attached hydrogen (secondary N) is 1. The summed E-state index contributed by atoms with van der Waals surface area (Å²) in [7, 11) is -3.71. The second-order valence-corrected chi connectivity index (χ2v) is 7.28. The summed E-state index contributed by atoms with van der Waals surface area (Å²) in [6, 6.07) is 11.3. The summed E-state index contributed by atoms with van der Waals surface area (Å²) in [6.45, 7) is 4.08. The van der Waals surface area contributed by atoms with Crippen LogP contribution in [0.15, 0.2) is 53.4 Å². The molecular weight excluding hydrogens is 358 g/mol. The molecule has 2 aromatic carbocycles. The van der Waals surface area contributed by atoms with Crippen molar-refractivity contribution in [2.45, 2.75) is 18.7 Å². The summed E-state index contributed by atoms with van der Waals surface area (Å²) < 4.78 is 26.4. The van der Waals surface area contributed by atoms with E-state index in [1.165, 1.54) is 46.8 Å². The minimum Gasteiger partial charge on any atom is -0.316 e. The third-order valence-electron chi connectivity index (χ3n) is 3.79. The number of amides is 1. The number of para-hydroxylation sites is 2. The van der Waals surface area contributed by atoms with Crippen LogP contribution in [0.2, 0.25) is 0 Å². The SMILES string of the molecule is CCN(CC)S(=O)(=O)c1cccc(C(=O)Nc2ccccc2[N+](=O)[O-])c1. The molecular formula is C17H19N3O5S. The van der Waals surface area contributed by atoms with Gasteiger partial charge in [0.25, 0.3) is 11.6 Å². The smallest absolute Gasteiger partial charge is 0.292 e. The Hall–Kier alpha value is -2.78. The van der Waals surface area contributed by atoms with Crippen molar-refractivity contribution in [3.05, 3.63) is 64.2 Å². The van der Waals surface area contributed by atoms with Gasteiger partial charge in [-0.25, -0.2) is 8.42 Å². The zero-order valence-electron chi connectivity index (χ0n) is 14.4. The van der Waals surface area contributed by atoms with Gasteiger partial charge >= 0.3 is 0 Å². The maximum absolute atomic E-state index is 12.6. The first kappa shape index (κ1) is 19.5. The molecule has 9 heteroatoms. The second kappa shape index (κ2) is 8.07. The van der Waals surface area contributed by atoms with Crippen molar-refractivity contribution in [1.82, 2.24) is 4.31 Å². The van der Waals surface area contributed by atoms with Gasteiger partial charge in [0.1, 0.15) is 5.69 Å². The van der Waals surface area contributed by atoms with E-state index < -0.39 is 20.9 Å². The Labute approximate surface area is 151 Å². The Kier molecular flexibility index (Phi) is 6.06. The number of hydrogen-bond acceptors (Lipinski definition) is 5. The maximum atomic E-state index is 12.6. The molecule has 0 aromatic heterocycles. The van der Waals surface area contributed by atoms with Crippen LogP contribution in [0.3, 0.4) is 0 Å². The van der Waals surface area contributed by atoms with Crippen molar-refractivity contribution < 1.29 is 18.1 Å². The molecule has 0 atom stereocenters. The Morgan fingerprint density at radius 3 is 2.38 bits per heavy atom. The molecule has 138 valence electrons. The lowest BCUT2D eigenvalue weighted by Crippen LogP contribution is -2.30. The lowest BCUT2D eigenvalue weighted by molar-refractivity contribution is -0.383. The van der Waals surface area contributed by atoms with E-state index in [1.54, 1.807) is 19.9 Å². The molecule has 26 heavy (non-hydrogen) atoms. The number of nitro benzene ring substituents is 1. The number of nitro groups is 1. The minimum absolute atomic E-state index is 0.00332. The van der Waals surface area contributed by atoms with Gasteiger partial charge in [-0.2, -0.15) is 4.31 Å². The molecule has 0 unspecified atom stereocenters. The maximum Gasteiger partial charge on any atom is 0.292 e. The predicted octanol–water partition coefficient (Wildman–Crippen LogP) is 2.88. The second-order valence-electron chi connectivity index (χ2n) is 5.35. The Bertz CT molecular complexity index is 924. The minimum atomic E-state index is -3.71. The predicted molar refractivity (Wildman–Crippen MR) is 97.6 cm³/mol. The summed E-state index contributed by atoms with van der Waals surface area (Å²) in [5.41, 5.74) is -0.108. The fraction of sp³-hybridized carbons (Fsp3) is 0.235. The van der Waals surface area contributed by atoms with E-state index >= 15 is 0 Å². The van der Waals surface area contributed by atoms with Gasteiger partial charge in [0.05, 0.1) is 9.82 Å². The zero-order chi connectivity index (χ0) is 19.3. The fourth-order valence-electron chi connectivity index (χ4n) is 2.44. The van der Waals surface area contributed by atoms with E-state index in [1.807, 2.05) is 0 Å². The van der Waals surface area contributed by atoms with E-state index in [0.29, 0.717) is 13.1 Å². The van der Waals surface area contributed by atoms with Crippen molar-refractivity contribution >= 4 is 27.3 Å². The first-order valence-electron chi connectivity index (χ1n) is 7.96. The summed E-state index contributed by atoms with van der Waals surface area (Å²) in [5.74, 6) is -0.629. The molecule has 0 aliphatic heterocycles. The van der Waals surface area contributed by atoms with Crippen LogP contribution in [-0.2, 0) is 10.0 Å². The number of rotatable bonds is 7. The quantitative estimate of drug-likeness (QED) is 0.589. The molecule has 8 nitrogen and oxygen atoms in total. The molecule has 0 saturated carbocycles. The number of nitrogens with zero attached hydrogens (tertiary/aromatic N) is 2. The Morgan fingerprint density at radius 1 is 1.12 bits per heavy atom. The first-order chi connectivity index (χ1) is 12.3. The summed E-state index contributed by atoms with van der Waals surface area (Å²) in [6.07, 6.45) is 0. The Balaban J connectivity index is 2.34. The normalized spacial score (nSPS) is 11.3. The van der Waals surface area contributed by atoms with Crippen LogP contribution < -0.4 is 5.32 Å². The molecule has 2 aromatic rings. The molecule has 0 bridgehead atoms. The van der Waals surface area contributed by atoms with Gasteiger partial charge in [0.15, 0.2) is 0 Å². The summed E-state index contributed by atoms with van der Waals surface area (Å²) >= 11 is 0. The molecule has 1 amide bonds. The lowest BCUT2D eigenvalue weighted by atomic mass is 10.2. The largest absolute Gasteiger partial charge is 0.316 e. The van der Waals surface area contributed by atoms with Crippen LogP contribution in [0.4, 0.5) is 11.4 Å². The van der Waals surface area contributed by atoms with Crippen molar-refractivity contribution in [3.8, 4) is 0 Å². The van der Waals surface area contributed by atoms with Gasteiger partial charge in [-0.15, -0.1) is 0 Å². The van der Waals surface area contributed by atoms with E-state index in [4.69, 9.17) is 0 Å². The number of hydrogen-bond donors (Lipinski definition) is 1. The number of anilines is 1. The van der Waals surface area contributed by atoms with Crippen molar-refractivity contribution in [1.29, 1.82) is 0 Å². The van der Waals surface area contributed by atoms with Crippen LogP contribution in [0.5, 0.6) is 0 Å². The fourth-order valence-corrected chi connectivity index (χ4v) is 3.95. The lowest BCUT2D eigenvalue weighted by Gasteiger charge is -2.18. The standard InChI is InChI=1S/C17H19N3O5S/c1-3-19(4-2)26(24,25)14-9-7-8-13(12-14)17(21)18-15-10-5-6-11-16(15)20(22)23/h5-12H,3-4H2,1-2H3,(H,18,21). The summed E-state index contributed by atoms with van der Waals surface area (Å²) in [5, 5.41) is 13.5. The highest BCUT2D eigenvalue weighted by molar-refractivity contribution is 7.89. The monoisotopic (exact) mass is 377 g/mol. The zero-order valence-corrected chi connectivity index (χ0v) is 15.2. The third-order valence-corrected chi connectivity index (χ3v) is 5.83. The molecule has 0 aliphatic carbocycles. The van der Waals surface area contributed by atoms with Crippen LogP contribution in [0.1, 0.15) is 24.2 Å². The highest BCUT2D eigenvalue weighted by Gasteiger charge is 2.23. The average Bonchev–Trinajstić information content (AvgIpc) is 2.63. The van der Waals surface area contributed by atoms with Gasteiger partial charge in [0.2, 0.25) is 10.0 Å². The first-order valence-corrected chi connectivity index (χ1v) is 9.40. The van der Waals surface area contributed by atoms with Crippen LogP contribution in [0.25, 0.3) is 0 Å². The van der Waals surface area contributed by atoms with Crippen molar-refractivity contribution in [2.24, 2.45) is 0 Å². The van der Waals surface area contributed by atoms with E-state index in [9.17, 15) is 23.3 Å². The number of benzene rings is 2. The molecule has 0 spiro atoms. The highest BCUT2D eigenvalue weighted by Crippen LogP contribution is 2.24. The number of carbonyl (C=O) groups excluding carboxylic acids is 1. The highest BCUT2D eigenvalue weighted by atomic mass is 32.2. The molecule has 0 heterocycles. The molecule has 0 aliphatic rings. The van der Waals surface area contributed by atoms with Crippen LogP contribution >= 0.6 is 0 Å². The van der Waals surface area contributed by atoms with Crippen molar-refractivity contribution in [3.63, 3.8) is 0 Å². The van der Waals surface area contributed by atoms with Gasteiger partial charge in [0, 0.05) is 24.7 Å². The van der Waals surface area contributed by atoms with E-state index in [2.05, 4.69) is 5.32 Å². The van der Waals surface area contributed by atoms with Gasteiger partial charge in [-0.3, -0.25) is 14.9 Å². The van der Waals surface area contributed by atoms with Gasteiger partial charge < -0.3 is 5.32 Å². The van der Waals surface area contributed by atoms with Crippen molar-refractivity contribution in [2.75, 3.05) is 18.4 Å². The van der Waals surface area contributed by atoms with Crippen LogP contribution in [0, 0.1) is 10.1 Å². The summed E-state index contributed by atoms with van der Waals surface area (Å²) in [4.78, 5) is 22.9. The molecule has 0 radical (unpaired) electrons. The number of sulfonamides is 1. The molecule has 2 rings (SSSR count). The number of carbonyl (C=O) groups is 1. The van der Waals surface area contributed by atoms with E-state index in [0.717, 1.165) is 0 Å². The van der Waals surface area contributed by atoms with Crippen LogP contribution in [-0.4, -0.2) is 36.6 Å².